The number of anilines is 2. The smallest absolute Gasteiger partial charge is 0.144 e. The predicted molar refractivity (Wildman–Crippen MR) is 85.1 cm³/mol. The fraction of sp³-hybridized carbons (Fsp3) is 0.294. The molecule has 0 radical (unpaired) electrons. The second kappa shape index (κ2) is 6.85. The molecule has 0 aliphatic heterocycles. The summed E-state index contributed by atoms with van der Waals surface area (Å²) in [6.07, 6.45) is 0.973. The number of hydrogen-bond acceptors (Lipinski definition) is 3. The van der Waals surface area contributed by atoms with Crippen LogP contribution < -0.4 is 15.8 Å². The maximum Gasteiger partial charge on any atom is 0.144 e. The quantitative estimate of drug-likeness (QED) is 0.781. The summed E-state index contributed by atoms with van der Waals surface area (Å²) in [5, 5.41) is 3.41. The highest BCUT2D eigenvalue weighted by atomic mass is 16.5. The van der Waals surface area contributed by atoms with Crippen molar-refractivity contribution in [2.24, 2.45) is 0 Å². The first kappa shape index (κ1) is 14.3. The van der Waals surface area contributed by atoms with Crippen molar-refractivity contribution in [1.82, 2.24) is 0 Å². The van der Waals surface area contributed by atoms with Crippen LogP contribution in [0, 0.1) is 6.92 Å². The van der Waals surface area contributed by atoms with Crippen LogP contribution in [-0.2, 0) is 6.54 Å². The van der Waals surface area contributed by atoms with E-state index >= 15 is 0 Å². The Morgan fingerprint density at radius 1 is 1.15 bits per heavy atom. The molecule has 2 aromatic rings. The maximum atomic E-state index is 5.91. The van der Waals surface area contributed by atoms with Crippen molar-refractivity contribution >= 4 is 11.4 Å². The molecule has 0 aromatic heterocycles. The third-order valence-electron chi connectivity index (χ3n) is 3.22. The van der Waals surface area contributed by atoms with E-state index in [9.17, 15) is 0 Å². The normalized spacial score (nSPS) is 10.3. The van der Waals surface area contributed by atoms with E-state index in [-0.39, 0.29) is 0 Å². The van der Waals surface area contributed by atoms with Crippen molar-refractivity contribution in [1.29, 1.82) is 0 Å². The van der Waals surface area contributed by atoms with Gasteiger partial charge in [0.05, 0.1) is 12.3 Å². The maximum absolute atomic E-state index is 5.91. The number of nitrogens with one attached hydrogen (secondary N) is 1. The number of rotatable bonds is 6. The highest BCUT2D eigenvalue weighted by Crippen LogP contribution is 2.26. The lowest BCUT2D eigenvalue weighted by molar-refractivity contribution is 0.319. The first-order valence-electron chi connectivity index (χ1n) is 7.01. The zero-order valence-corrected chi connectivity index (χ0v) is 12.1. The molecule has 0 unspecified atom stereocenters. The molecule has 3 heteroatoms. The van der Waals surface area contributed by atoms with E-state index in [0.29, 0.717) is 12.3 Å². The predicted octanol–water partition coefficient (Wildman–Crippen LogP) is 3.98. The molecule has 0 saturated carbocycles. The minimum atomic E-state index is 0.680. The van der Waals surface area contributed by atoms with Crippen molar-refractivity contribution < 1.29 is 4.74 Å². The van der Waals surface area contributed by atoms with E-state index in [1.807, 2.05) is 18.2 Å². The van der Waals surface area contributed by atoms with Crippen LogP contribution >= 0.6 is 0 Å². The Balaban J connectivity index is 2.04. The van der Waals surface area contributed by atoms with Gasteiger partial charge in [0, 0.05) is 18.3 Å². The zero-order valence-electron chi connectivity index (χ0n) is 12.1. The fourth-order valence-corrected chi connectivity index (χ4v) is 1.99. The minimum absolute atomic E-state index is 0.680. The largest absolute Gasteiger partial charge is 0.491 e. The van der Waals surface area contributed by atoms with E-state index < -0.39 is 0 Å². The van der Waals surface area contributed by atoms with E-state index in [2.05, 4.69) is 43.4 Å². The Kier molecular flexibility index (Phi) is 4.88. The number of benzene rings is 2. The van der Waals surface area contributed by atoms with E-state index in [4.69, 9.17) is 10.5 Å². The van der Waals surface area contributed by atoms with Gasteiger partial charge in [0.15, 0.2) is 0 Å². The van der Waals surface area contributed by atoms with Crippen molar-refractivity contribution in [3.63, 3.8) is 0 Å². The molecular formula is C17H22N2O. The van der Waals surface area contributed by atoms with Crippen LogP contribution in [-0.4, -0.2) is 6.61 Å². The molecule has 0 bridgehead atoms. The molecule has 0 saturated heterocycles. The summed E-state index contributed by atoms with van der Waals surface area (Å²) in [7, 11) is 0. The summed E-state index contributed by atoms with van der Waals surface area (Å²) in [5.74, 6) is 0.752. The van der Waals surface area contributed by atoms with Crippen molar-refractivity contribution in [3.8, 4) is 5.75 Å². The summed E-state index contributed by atoms with van der Waals surface area (Å²) in [4.78, 5) is 0. The van der Waals surface area contributed by atoms with Gasteiger partial charge in [-0.25, -0.2) is 0 Å². The van der Waals surface area contributed by atoms with Gasteiger partial charge in [-0.05, 0) is 36.6 Å². The molecule has 3 N–H and O–H groups in total. The van der Waals surface area contributed by atoms with Crippen molar-refractivity contribution in [2.45, 2.75) is 26.8 Å². The van der Waals surface area contributed by atoms with Crippen molar-refractivity contribution in [2.75, 3.05) is 17.7 Å². The molecular weight excluding hydrogens is 248 g/mol. The zero-order chi connectivity index (χ0) is 14.4. The molecule has 0 atom stereocenters. The van der Waals surface area contributed by atoms with Crippen LogP contribution in [0.3, 0.4) is 0 Å². The lowest BCUT2D eigenvalue weighted by Crippen LogP contribution is -2.03. The Labute approximate surface area is 120 Å². The number of ether oxygens (including phenoxy) is 1. The van der Waals surface area contributed by atoms with Crippen LogP contribution in [0.5, 0.6) is 5.75 Å². The van der Waals surface area contributed by atoms with Gasteiger partial charge in [-0.1, -0.05) is 31.2 Å². The minimum Gasteiger partial charge on any atom is -0.491 e. The van der Waals surface area contributed by atoms with Gasteiger partial charge in [-0.2, -0.15) is 0 Å². The second-order valence-corrected chi connectivity index (χ2v) is 4.88. The monoisotopic (exact) mass is 270 g/mol. The Morgan fingerprint density at radius 3 is 2.70 bits per heavy atom. The first-order chi connectivity index (χ1) is 9.70. The highest BCUT2D eigenvalue weighted by Gasteiger charge is 2.03. The fourth-order valence-electron chi connectivity index (χ4n) is 1.99. The van der Waals surface area contributed by atoms with Gasteiger partial charge in [-0.3, -0.25) is 0 Å². The van der Waals surface area contributed by atoms with Crippen LogP contribution in [0.1, 0.15) is 24.5 Å². The summed E-state index contributed by atoms with van der Waals surface area (Å²) >= 11 is 0. The number of aryl methyl sites for hydroxylation is 1. The summed E-state index contributed by atoms with van der Waals surface area (Å²) < 4.78 is 5.64. The Bertz CT molecular complexity index is 567. The molecule has 2 rings (SSSR count). The first-order valence-corrected chi connectivity index (χ1v) is 7.01. The van der Waals surface area contributed by atoms with Crippen LogP contribution in [0.2, 0.25) is 0 Å². The second-order valence-electron chi connectivity index (χ2n) is 4.88. The van der Waals surface area contributed by atoms with E-state index in [1.54, 1.807) is 0 Å². The molecule has 0 heterocycles. The average molecular weight is 270 g/mol. The molecule has 3 nitrogen and oxygen atoms in total. The van der Waals surface area contributed by atoms with Crippen LogP contribution in [0.25, 0.3) is 0 Å². The molecule has 20 heavy (non-hydrogen) atoms. The van der Waals surface area contributed by atoms with Gasteiger partial charge in [0.25, 0.3) is 0 Å². The van der Waals surface area contributed by atoms with E-state index in [0.717, 1.165) is 24.4 Å². The summed E-state index contributed by atoms with van der Waals surface area (Å²) in [5.41, 5.74) is 10.2. The number of hydrogen-bond donors (Lipinski definition) is 2. The molecule has 106 valence electrons. The summed E-state index contributed by atoms with van der Waals surface area (Å²) in [6, 6.07) is 14.2. The SMILES string of the molecule is CCCOc1cc(NCc2ccccc2C)ccc1N. The number of nitrogen functional groups attached to an aromatic ring is 1. The molecule has 0 fully saturated rings. The molecule has 0 spiro atoms. The van der Waals surface area contributed by atoms with Gasteiger partial charge in [0.1, 0.15) is 5.75 Å². The topological polar surface area (TPSA) is 47.3 Å². The molecule has 0 aliphatic carbocycles. The third kappa shape index (κ3) is 3.67. The van der Waals surface area contributed by atoms with Crippen molar-refractivity contribution in [3.05, 3.63) is 53.6 Å². The average Bonchev–Trinajstić information content (AvgIpc) is 2.46. The standard InChI is InChI=1S/C17H22N2O/c1-3-10-20-17-11-15(8-9-16(17)18)19-12-14-7-5-4-6-13(14)2/h4-9,11,19H,3,10,12,18H2,1-2H3. The van der Waals surface area contributed by atoms with Gasteiger partial charge < -0.3 is 15.8 Å². The molecule has 0 amide bonds. The van der Waals surface area contributed by atoms with Crippen LogP contribution in [0.15, 0.2) is 42.5 Å². The molecule has 0 aliphatic rings. The lowest BCUT2D eigenvalue weighted by Gasteiger charge is -2.12. The van der Waals surface area contributed by atoms with E-state index in [1.165, 1.54) is 11.1 Å². The lowest BCUT2D eigenvalue weighted by atomic mass is 10.1. The number of nitrogens with two attached hydrogens (primary N) is 1. The van der Waals surface area contributed by atoms with Gasteiger partial charge >= 0.3 is 0 Å². The Hall–Kier alpha value is -2.16. The van der Waals surface area contributed by atoms with Gasteiger partial charge in [0.2, 0.25) is 0 Å². The van der Waals surface area contributed by atoms with Crippen LogP contribution in [0.4, 0.5) is 11.4 Å². The molecule has 2 aromatic carbocycles. The summed E-state index contributed by atoms with van der Waals surface area (Å²) in [6.45, 7) is 5.68. The third-order valence-corrected chi connectivity index (χ3v) is 3.22. The highest BCUT2D eigenvalue weighted by molar-refractivity contribution is 5.61. The van der Waals surface area contributed by atoms with Gasteiger partial charge in [-0.15, -0.1) is 0 Å². The Morgan fingerprint density at radius 2 is 1.95 bits per heavy atom.